The van der Waals surface area contributed by atoms with Crippen LogP contribution in [0.2, 0.25) is 0 Å². The van der Waals surface area contributed by atoms with Gasteiger partial charge in [-0.05, 0) is 16.7 Å². The third-order valence-electron chi connectivity index (χ3n) is 4.47. The van der Waals surface area contributed by atoms with Crippen molar-refractivity contribution in [3.63, 3.8) is 0 Å². The number of carboxylic acids is 1. The Hall–Kier alpha value is -3.23. The molecule has 1 atom stereocenters. The number of aliphatic carboxylic acids is 1. The van der Waals surface area contributed by atoms with E-state index in [1.807, 2.05) is 30.3 Å². The van der Waals surface area contributed by atoms with Crippen molar-refractivity contribution >= 4 is 17.8 Å². The number of nitrogens with zero attached hydrogens (tertiary/aromatic N) is 1. The van der Waals surface area contributed by atoms with Crippen LogP contribution in [0.1, 0.15) is 23.1 Å². The molecule has 0 saturated carbocycles. The lowest BCUT2D eigenvalue weighted by Gasteiger charge is -2.19. The average molecular weight is 398 g/mol. The Kier molecular flexibility index (Phi) is 6.94. The highest BCUT2D eigenvalue weighted by atomic mass is 16.7. The SMILES string of the molecule is O=C(O)CC(NC(=O)OCc1ccccc1)C(=O)CON1Cc2ccccc2C1. The Bertz CT molecular complexity index is 845. The fraction of sp³-hybridized carbons (Fsp3) is 0.286. The molecule has 0 aromatic heterocycles. The van der Waals surface area contributed by atoms with Crippen LogP contribution >= 0.6 is 0 Å². The molecule has 1 heterocycles. The van der Waals surface area contributed by atoms with Crippen LogP contribution in [0.5, 0.6) is 0 Å². The van der Waals surface area contributed by atoms with Crippen LogP contribution in [-0.4, -0.2) is 40.7 Å². The zero-order valence-electron chi connectivity index (χ0n) is 15.7. The van der Waals surface area contributed by atoms with Crippen LogP contribution in [0.15, 0.2) is 54.6 Å². The van der Waals surface area contributed by atoms with E-state index in [1.165, 1.54) is 0 Å². The number of hydroxylamine groups is 2. The summed E-state index contributed by atoms with van der Waals surface area (Å²) in [5.74, 6) is -1.75. The molecule has 1 aliphatic heterocycles. The van der Waals surface area contributed by atoms with Crippen LogP contribution in [-0.2, 0) is 38.9 Å². The Balaban J connectivity index is 1.49. The largest absolute Gasteiger partial charge is 0.481 e. The van der Waals surface area contributed by atoms with Gasteiger partial charge in [0.2, 0.25) is 0 Å². The van der Waals surface area contributed by atoms with Crippen LogP contribution in [0.3, 0.4) is 0 Å². The molecule has 1 amide bonds. The minimum Gasteiger partial charge on any atom is -0.481 e. The third kappa shape index (κ3) is 6.13. The Morgan fingerprint density at radius 2 is 1.62 bits per heavy atom. The number of nitrogens with one attached hydrogen (secondary N) is 1. The second-order valence-electron chi connectivity index (χ2n) is 6.66. The Labute approximate surface area is 168 Å². The predicted octanol–water partition coefficient (Wildman–Crippen LogP) is 2.27. The summed E-state index contributed by atoms with van der Waals surface area (Å²) in [6.07, 6.45) is -1.41. The first-order valence-corrected chi connectivity index (χ1v) is 9.17. The van der Waals surface area contributed by atoms with E-state index in [2.05, 4.69) is 5.32 Å². The normalized spacial score (nSPS) is 14.1. The molecule has 0 bridgehead atoms. The summed E-state index contributed by atoms with van der Waals surface area (Å²) in [6.45, 7) is 0.757. The molecule has 0 radical (unpaired) electrons. The first-order chi connectivity index (χ1) is 14.0. The predicted molar refractivity (Wildman–Crippen MR) is 102 cm³/mol. The third-order valence-corrected chi connectivity index (χ3v) is 4.47. The van der Waals surface area contributed by atoms with Crippen molar-refractivity contribution in [1.82, 2.24) is 10.4 Å². The van der Waals surface area contributed by atoms with E-state index in [9.17, 15) is 14.4 Å². The second-order valence-corrected chi connectivity index (χ2v) is 6.66. The number of fused-ring (bicyclic) bond motifs is 1. The molecule has 2 N–H and O–H groups in total. The molecule has 0 fully saturated rings. The van der Waals surface area contributed by atoms with Crippen molar-refractivity contribution in [2.45, 2.75) is 32.2 Å². The van der Waals surface area contributed by atoms with Crippen molar-refractivity contribution in [3.8, 4) is 0 Å². The number of carboxylic acid groups (broad SMARTS) is 1. The van der Waals surface area contributed by atoms with Crippen LogP contribution in [0.25, 0.3) is 0 Å². The Morgan fingerprint density at radius 3 is 2.24 bits per heavy atom. The van der Waals surface area contributed by atoms with Gasteiger partial charge in [0.25, 0.3) is 0 Å². The van der Waals surface area contributed by atoms with Gasteiger partial charge in [0.15, 0.2) is 5.78 Å². The minimum atomic E-state index is -1.24. The minimum absolute atomic E-state index is 0.0171. The molecule has 2 aromatic rings. The lowest BCUT2D eigenvalue weighted by atomic mass is 10.1. The van der Waals surface area contributed by atoms with Crippen LogP contribution in [0.4, 0.5) is 4.79 Å². The van der Waals surface area contributed by atoms with E-state index in [4.69, 9.17) is 14.7 Å². The number of rotatable bonds is 9. The highest BCUT2D eigenvalue weighted by molar-refractivity contribution is 5.91. The summed E-state index contributed by atoms with van der Waals surface area (Å²) in [5, 5.41) is 13.0. The highest BCUT2D eigenvalue weighted by Crippen LogP contribution is 2.22. The van der Waals surface area contributed by atoms with Gasteiger partial charge in [0.05, 0.1) is 6.42 Å². The van der Waals surface area contributed by atoms with Gasteiger partial charge >= 0.3 is 12.1 Å². The number of benzene rings is 2. The van der Waals surface area contributed by atoms with Crippen molar-refractivity contribution in [3.05, 3.63) is 71.3 Å². The summed E-state index contributed by atoms with van der Waals surface area (Å²) < 4.78 is 5.06. The summed E-state index contributed by atoms with van der Waals surface area (Å²) in [7, 11) is 0. The molecule has 8 heteroatoms. The topological polar surface area (TPSA) is 105 Å². The summed E-state index contributed by atoms with van der Waals surface area (Å²) in [4.78, 5) is 41.0. The van der Waals surface area contributed by atoms with Crippen molar-refractivity contribution in [1.29, 1.82) is 0 Å². The molecule has 0 aliphatic carbocycles. The molecule has 1 aliphatic rings. The number of alkyl carbamates (subject to hydrolysis) is 1. The standard InChI is InChI=1S/C21H22N2O6/c24-19(14-29-23-11-16-8-4-5-9-17(16)12-23)18(10-20(25)26)22-21(27)28-13-15-6-2-1-3-7-15/h1-9,18H,10-14H2,(H,22,27)(H,25,26). The van der Waals surface area contributed by atoms with E-state index < -0.39 is 30.3 Å². The van der Waals surface area contributed by atoms with Gasteiger partial charge in [0.1, 0.15) is 19.3 Å². The van der Waals surface area contributed by atoms with E-state index >= 15 is 0 Å². The molecule has 0 saturated heterocycles. The van der Waals surface area contributed by atoms with Crippen molar-refractivity contribution in [2.24, 2.45) is 0 Å². The summed E-state index contributed by atoms with van der Waals surface area (Å²) in [5.41, 5.74) is 3.01. The van der Waals surface area contributed by atoms with Gasteiger partial charge < -0.3 is 15.2 Å². The number of hydrogen-bond acceptors (Lipinski definition) is 6. The van der Waals surface area contributed by atoms with Crippen molar-refractivity contribution < 1.29 is 29.1 Å². The number of hydrogen-bond donors (Lipinski definition) is 2. The van der Waals surface area contributed by atoms with E-state index in [0.29, 0.717) is 13.1 Å². The number of carbonyl (C=O) groups is 3. The Morgan fingerprint density at radius 1 is 1.00 bits per heavy atom. The second kappa shape index (κ2) is 9.81. The fourth-order valence-electron chi connectivity index (χ4n) is 2.98. The van der Waals surface area contributed by atoms with E-state index in [1.54, 1.807) is 29.3 Å². The molecule has 0 spiro atoms. The smallest absolute Gasteiger partial charge is 0.408 e. The molecular weight excluding hydrogens is 376 g/mol. The summed E-state index contributed by atoms with van der Waals surface area (Å²) in [6, 6.07) is 15.6. The average Bonchev–Trinajstić information content (AvgIpc) is 3.13. The number of Topliss-reactive ketones (excluding diaryl/α,β-unsaturated/α-hetero) is 1. The fourth-order valence-corrected chi connectivity index (χ4v) is 2.98. The zero-order chi connectivity index (χ0) is 20.6. The first kappa shape index (κ1) is 20.5. The number of carbonyl (C=O) groups excluding carboxylic acids is 2. The maximum atomic E-state index is 12.4. The highest BCUT2D eigenvalue weighted by Gasteiger charge is 2.26. The molecule has 8 nitrogen and oxygen atoms in total. The number of ketones is 1. The maximum absolute atomic E-state index is 12.4. The summed E-state index contributed by atoms with van der Waals surface area (Å²) >= 11 is 0. The van der Waals surface area contributed by atoms with E-state index in [-0.39, 0.29) is 13.2 Å². The first-order valence-electron chi connectivity index (χ1n) is 9.17. The quantitative estimate of drug-likeness (QED) is 0.668. The van der Waals surface area contributed by atoms with Gasteiger partial charge in [-0.25, -0.2) is 4.79 Å². The van der Waals surface area contributed by atoms with Crippen LogP contribution in [0, 0.1) is 0 Å². The van der Waals surface area contributed by atoms with Gasteiger partial charge in [0, 0.05) is 13.1 Å². The molecule has 29 heavy (non-hydrogen) atoms. The molecule has 152 valence electrons. The van der Waals surface area contributed by atoms with Crippen molar-refractivity contribution in [2.75, 3.05) is 6.61 Å². The van der Waals surface area contributed by atoms with Gasteiger partial charge in [-0.2, -0.15) is 5.06 Å². The lowest BCUT2D eigenvalue weighted by Crippen LogP contribution is -2.44. The number of amides is 1. The lowest BCUT2D eigenvalue weighted by molar-refractivity contribution is -0.175. The monoisotopic (exact) mass is 398 g/mol. The molecule has 3 rings (SSSR count). The zero-order valence-corrected chi connectivity index (χ0v) is 15.7. The number of ether oxygens (including phenoxy) is 1. The molecule has 1 unspecified atom stereocenters. The molecule has 2 aromatic carbocycles. The molecular formula is C21H22N2O6. The van der Waals surface area contributed by atoms with Gasteiger partial charge in [-0.3, -0.25) is 14.4 Å². The van der Waals surface area contributed by atoms with Crippen LogP contribution < -0.4 is 5.32 Å². The van der Waals surface area contributed by atoms with Gasteiger partial charge in [-0.15, -0.1) is 0 Å². The van der Waals surface area contributed by atoms with Gasteiger partial charge in [-0.1, -0.05) is 54.6 Å². The maximum Gasteiger partial charge on any atom is 0.408 e. The van der Waals surface area contributed by atoms with E-state index in [0.717, 1.165) is 16.7 Å².